The van der Waals surface area contributed by atoms with Crippen LogP contribution in [-0.4, -0.2) is 6.61 Å². The lowest BCUT2D eigenvalue weighted by molar-refractivity contribution is 0.0674. The van der Waals surface area contributed by atoms with Crippen molar-refractivity contribution >= 4 is 0 Å². The normalized spacial score (nSPS) is 12.4. The molecule has 3 heteroatoms. The van der Waals surface area contributed by atoms with Crippen LogP contribution in [0.2, 0.25) is 0 Å². The van der Waals surface area contributed by atoms with Gasteiger partial charge in [0.15, 0.2) is 0 Å². The second-order valence-electron chi connectivity index (χ2n) is 2.97. The third kappa shape index (κ3) is 2.39. The van der Waals surface area contributed by atoms with E-state index in [4.69, 9.17) is 4.74 Å². The highest BCUT2D eigenvalue weighted by Crippen LogP contribution is 2.22. The van der Waals surface area contributed by atoms with Crippen molar-refractivity contribution in [2.24, 2.45) is 5.18 Å². The lowest BCUT2D eigenvalue weighted by Gasteiger charge is -2.12. The minimum absolute atomic E-state index is 0.494. The average Bonchev–Trinajstić information content (AvgIpc) is 2.26. The number of hydrogen-bond donors (Lipinski definition) is 0. The predicted octanol–water partition coefficient (Wildman–Crippen LogP) is 3.05. The second-order valence-corrected chi connectivity index (χ2v) is 2.97. The van der Waals surface area contributed by atoms with E-state index in [1.54, 1.807) is 0 Å². The first kappa shape index (κ1) is 10.9. The third-order valence-electron chi connectivity index (χ3n) is 2.12. The van der Waals surface area contributed by atoms with Gasteiger partial charge in [-0.15, -0.1) is 4.91 Å². The van der Waals surface area contributed by atoms with Crippen LogP contribution in [0.25, 0.3) is 0 Å². The van der Waals surface area contributed by atoms with Gasteiger partial charge in [0.25, 0.3) is 0 Å². The minimum atomic E-state index is -0.656. The Hall–Kier alpha value is -1.22. The van der Waals surface area contributed by atoms with E-state index in [0.717, 1.165) is 17.5 Å². The molecule has 0 N–H and O–H groups in total. The molecule has 0 fully saturated rings. The average molecular weight is 193 g/mol. The number of benzene rings is 1. The SMILES string of the molecule is CCOC(N=O)c1ccccc1CC. The van der Waals surface area contributed by atoms with Crippen molar-refractivity contribution in [3.8, 4) is 0 Å². The van der Waals surface area contributed by atoms with E-state index in [9.17, 15) is 4.91 Å². The Kier molecular flexibility index (Phi) is 4.26. The lowest BCUT2D eigenvalue weighted by Crippen LogP contribution is -2.03. The zero-order chi connectivity index (χ0) is 10.4. The molecule has 0 aliphatic heterocycles. The molecule has 0 aliphatic rings. The zero-order valence-corrected chi connectivity index (χ0v) is 8.56. The van der Waals surface area contributed by atoms with Crippen LogP contribution in [-0.2, 0) is 11.2 Å². The van der Waals surface area contributed by atoms with Crippen molar-refractivity contribution in [2.45, 2.75) is 26.5 Å². The highest BCUT2D eigenvalue weighted by molar-refractivity contribution is 5.28. The van der Waals surface area contributed by atoms with E-state index >= 15 is 0 Å². The van der Waals surface area contributed by atoms with Crippen LogP contribution in [0.5, 0.6) is 0 Å². The fourth-order valence-corrected chi connectivity index (χ4v) is 1.43. The topological polar surface area (TPSA) is 38.7 Å². The molecule has 0 saturated heterocycles. The van der Waals surface area contributed by atoms with Gasteiger partial charge >= 0.3 is 0 Å². The van der Waals surface area contributed by atoms with Gasteiger partial charge in [-0.1, -0.05) is 31.2 Å². The van der Waals surface area contributed by atoms with E-state index in [2.05, 4.69) is 5.18 Å². The van der Waals surface area contributed by atoms with Gasteiger partial charge in [0.1, 0.15) is 0 Å². The number of aryl methyl sites for hydroxylation is 1. The summed E-state index contributed by atoms with van der Waals surface area (Å²) in [4.78, 5) is 10.6. The van der Waals surface area contributed by atoms with Crippen LogP contribution in [0.4, 0.5) is 0 Å². The monoisotopic (exact) mass is 193 g/mol. The van der Waals surface area contributed by atoms with Crippen LogP contribution in [0, 0.1) is 4.91 Å². The Morgan fingerprint density at radius 2 is 2.07 bits per heavy atom. The van der Waals surface area contributed by atoms with Gasteiger partial charge in [0.05, 0.1) is 0 Å². The molecular formula is C11H15NO2. The maximum atomic E-state index is 10.6. The molecule has 0 saturated carbocycles. The molecule has 1 aromatic rings. The molecule has 76 valence electrons. The van der Waals surface area contributed by atoms with Gasteiger partial charge in [0, 0.05) is 12.2 Å². The number of rotatable bonds is 5. The molecule has 0 amide bonds. The van der Waals surface area contributed by atoms with Crippen molar-refractivity contribution in [1.82, 2.24) is 0 Å². The summed E-state index contributed by atoms with van der Waals surface area (Å²) in [5.74, 6) is 0. The number of nitrogens with zero attached hydrogens (tertiary/aromatic N) is 1. The summed E-state index contributed by atoms with van der Waals surface area (Å²) in [6, 6.07) is 7.73. The fraction of sp³-hybridized carbons (Fsp3) is 0.455. The molecule has 1 unspecified atom stereocenters. The Balaban J connectivity index is 2.95. The number of nitroso groups, excluding NO2 is 1. The van der Waals surface area contributed by atoms with Gasteiger partial charge in [-0.2, -0.15) is 0 Å². The molecule has 0 bridgehead atoms. The lowest BCUT2D eigenvalue weighted by atomic mass is 10.0. The summed E-state index contributed by atoms with van der Waals surface area (Å²) in [6.45, 7) is 4.40. The molecule has 1 atom stereocenters. The smallest absolute Gasteiger partial charge is 0.215 e. The molecule has 0 aromatic heterocycles. The van der Waals surface area contributed by atoms with Gasteiger partial charge in [0.2, 0.25) is 6.23 Å². The molecule has 3 nitrogen and oxygen atoms in total. The standard InChI is InChI=1S/C11H15NO2/c1-3-9-7-5-6-8-10(9)11(12-13)14-4-2/h5-8,11H,3-4H2,1-2H3. The quantitative estimate of drug-likeness (QED) is 0.674. The summed E-state index contributed by atoms with van der Waals surface area (Å²) in [7, 11) is 0. The first-order valence-corrected chi connectivity index (χ1v) is 4.85. The second kappa shape index (κ2) is 5.50. The number of ether oxygens (including phenoxy) is 1. The first-order valence-electron chi connectivity index (χ1n) is 4.85. The summed E-state index contributed by atoms with van der Waals surface area (Å²) < 4.78 is 5.24. The van der Waals surface area contributed by atoms with Gasteiger partial charge in [-0.3, -0.25) is 0 Å². The summed E-state index contributed by atoms with van der Waals surface area (Å²) in [5, 5.41) is 2.98. The van der Waals surface area contributed by atoms with E-state index in [-0.39, 0.29) is 0 Å². The van der Waals surface area contributed by atoms with Crippen molar-refractivity contribution in [2.75, 3.05) is 6.61 Å². The fourth-order valence-electron chi connectivity index (χ4n) is 1.43. The van der Waals surface area contributed by atoms with Crippen molar-refractivity contribution in [1.29, 1.82) is 0 Å². The maximum Gasteiger partial charge on any atom is 0.215 e. The highest BCUT2D eigenvalue weighted by Gasteiger charge is 2.13. The molecule has 0 radical (unpaired) electrons. The van der Waals surface area contributed by atoms with Crippen LogP contribution in [0.15, 0.2) is 29.4 Å². The van der Waals surface area contributed by atoms with Gasteiger partial charge < -0.3 is 4.74 Å². The van der Waals surface area contributed by atoms with Crippen LogP contribution >= 0.6 is 0 Å². The summed E-state index contributed by atoms with van der Waals surface area (Å²) in [6.07, 6.45) is 0.228. The summed E-state index contributed by atoms with van der Waals surface area (Å²) in [5.41, 5.74) is 2.00. The maximum absolute atomic E-state index is 10.6. The van der Waals surface area contributed by atoms with E-state index in [0.29, 0.717) is 6.61 Å². The Morgan fingerprint density at radius 1 is 1.36 bits per heavy atom. The van der Waals surface area contributed by atoms with Crippen LogP contribution in [0.3, 0.4) is 0 Å². The van der Waals surface area contributed by atoms with E-state index < -0.39 is 6.23 Å². The summed E-state index contributed by atoms with van der Waals surface area (Å²) >= 11 is 0. The Bertz CT molecular complexity index is 299. The molecule has 0 heterocycles. The first-order chi connectivity index (χ1) is 6.83. The highest BCUT2D eigenvalue weighted by atomic mass is 16.5. The Labute approximate surface area is 84.1 Å². The van der Waals surface area contributed by atoms with Crippen molar-refractivity contribution in [3.63, 3.8) is 0 Å². The molecule has 0 aliphatic carbocycles. The third-order valence-corrected chi connectivity index (χ3v) is 2.12. The molecule has 1 aromatic carbocycles. The van der Waals surface area contributed by atoms with Gasteiger partial charge in [-0.25, -0.2) is 0 Å². The molecule has 14 heavy (non-hydrogen) atoms. The van der Waals surface area contributed by atoms with Crippen molar-refractivity contribution in [3.05, 3.63) is 40.3 Å². The van der Waals surface area contributed by atoms with Crippen molar-refractivity contribution < 1.29 is 4.74 Å². The molecule has 0 spiro atoms. The van der Waals surface area contributed by atoms with E-state index in [1.165, 1.54) is 0 Å². The van der Waals surface area contributed by atoms with E-state index in [1.807, 2.05) is 38.1 Å². The minimum Gasteiger partial charge on any atom is -0.350 e. The van der Waals surface area contributed by atoms with Gasteiger partial charge in [-0.05, 0) is 24.1 Å². The van der Waals surface area contributed by atoms with Crippen LogP contribution < -0.4 is 0 Å². The molecule has 1 rings (SSSR count). The largest absolute Gasteiger partial charge is 0.350 e. The Morgan fingerprint density at radius 3 is 2.64 bits per heavy atom. The number of hydrogen-bond acceptors (Lipinski definition) is 3. The van der Waals surface area contributed by atoms with Crippen LogP contribution in [0.1, 0.15) is 31.2 Å². The zero-order valence-electron chi connectivity index (χ0n) is 8.56. The molecular weight excluding hydrogens is 178 g/mol. The predicted molar refractivity (Wildman–Crippen MR) is 56.0 cm³/mol.